The third kappa shape index (κ3) is 2.21. The number of ether oxygens (including phenoxy) is 1. The maximum absolute atomic E-state index is 12.1. The van der Waals surface area contributed by atoms with Crippen molar-refractivity contribution in [2.45, 2.75) is 18.5 Å². The number of aliphatic imine (C=N–C) groups is 1. The zero-order valence-electron chi connectivity index (χ0n) is 10.9. The summed E-state index contributed by atoms with van der Waals surface area (Å²) in [4.78, 5) is 16.7. The molecule has 1 aromatic carbocycles. The molecule has 0 aromatic heterocycles. The second-order valence-corrected chi connectivity index (χ2v) is 4.95. The molecule has 2 aliphatic rings. The van der Waals surface area contributed by atoms with Crippen LogP contribution in [0.5, 0.6) is 5.75 Å². The molecule has 2 aliphatic heterocycles. The first-order valence-electron chi connectivity index (χ1n) is 6.50. The van der Waals surface area contributed by atoms with E-state index in [0.717, 1.165) is 30.7 Å². The lowest BCUT2D eigenvalue weighted by atomic mass is 10.0. The summed E-state index contributed by atoms with van der Waals surface area (Å²) in [6.07, 6.45) is 1.92. The van der Waals surface area contributed by atoms with Gasteiger partial charge in [0.05, 0.1) is 7.11 Å². The summed E-state index contributed by atoms with van der Waals surface area (Å²) >= 11 is 0. The summed E-state index contributed by atoms with van der Waals surface area (Å²) in [5, 5.41) is 6.30. The molecular weight excluding hydrogens is 242 g/mol. The van der Waals surface area contributed by atoms with Crippen LogP contribution >= 0.6 is 0 Å². The highest BCUT2D eigenvalue weighted by Gasteiger charge is 2.40. The predicted octanol–water partition coefficient (Wildman–Crippen LogP) is 0.694. The average Bonchev–Trinajstić information content (AvgIpc) is 2.76. The van der Waals surface area contributed by atoms with Crippen LogP contribution < -0.4 is 15.4 Å². The summed E-state index contributed by atoms with van der Waals surface area (Å²) in [6.45, 7) is 1.70. The largest absolute Gasteiger partial charge is 0.497 e. The third-order valence-corrected chi connectivity index (χ3v) is 3.61. The standard InChI is InChI=1S/C14H17N3O2/c1-19-11-5-3-10(4-6-11)12-13(18)17-14(16-12)7-2-8-15-9-14/h3-6,15H,2,7-9H2,1H3,(H,17,18)/t14-/m1/s1. The maximum atomic E-state index is 12.1. The van der Waals surface area contributed by atoms with E-state index >= 15 is 0 Å². The van der Waals surface area contributed by atoms with Crippen molar-refractivity contribution in [1.29, 1.82) is 0 Å². The van der Waals surface area contributed by atoms with Crippen molar-refractivity contribution in [3.8, 4) is 5.75 Å². The lowest BCUT2D eigenvalue weighted by Crippen LogP contribution is -2.53. The van der Waals surface area contributed by atoms with E-state index in [-0.39, 0.29) is 5.91 Å². The molecule has 2 heterocycles. The monoisotopic (exact) mass is 259 g/mol. The Bertz CT molecular complexity index is 516. The fourth-order valence-corrected chi connectivity index (χ4v) is 2.60. The molecule has 1 saturated heterocycles. The Labute approximate surface area is 112 Å². The highest BCUT2D eigenvalue weighted by atomic mass is 16.5. The van der Waals surface area contributed by atoms with Gasteiger partial charge in [-0.15, -0.1) is 0 Å². The third-order valence-electron chi connectivity index (χ3n) is 3.61. The lowest BCUT2D eigenvalue weighted by Gasteiger charge is -2.30. The van der Waals surface area contributed by atoms with Gasteiger partial charge in [0.2, 0.25) is 0 Å². The average molecular weight is 259 g/mol. The van der Waals surface area contributed by atoms with Gasteiger partial charge in [0.1, 0.15) is 17.1 Å². The minimum atomic E-state index is -0.440. The summed E-state index contributed by atoms with van der Waals surface area (Å²) in [5.74, 6) is 0.686. The number of methoxy groups -OCH3 is 1. The van der Waals surface area contributed by atoms with E-state index in [1.807, 2.05) is 24.3 Å². The van der Waals surface area contributed by atoms with Crippen molar-refractivity contribution in [3.05, 3.63) is 29.8 Å². The van der Waals surface area contributed by atoms with Crippen molar-refractivity contribution in [2.24, 2.45) is 4.99 Å². The van der Waals surface area contributed by atoms with Gasteiger partial charge in [0, 0.05) is 12.1 Å². The quantitative estimate of drug-likeness (QED) is 0.821. The molecule has 5 heteroatoms. The number of hydrogen-bond acceptors (Lipinski definition) is 4. The molecule has 100 valence electrons. The van der Waals surface area contributed by atoms with E-state index in [0.29, 0.717) is 12.3 Å². The number of benzene rings is 1. The number of rotatable bonds is 2. The van der Waals surface area contributed by atoms with Crippen LogP contribution in [0.1, 0.15) is 18.4 Å². The molecule has 1 fully saturated rings. The number of hydrogen-bond donors (Lipinski definition) is 2. The van der Waals surface area contributed by atoms with Gasteiger partial charge < -0.3 is 15.4 Å². The number of carbonyl (C=O) groups excluding carboxylic acids is 1. The van der Waals surface area contributed by atoms with Crippen LogP contribution in [0.4, 0.5) is 0 Å². The van der Waals surface area contributed by atoms with Crippen molar-refractivity contribution in [1.82, 2.24) is 10.6 Å². The van der Waals surface area contributed by atoms with Gasteiger partial charge in [-0.25, -0.2) is 4.99 Å². The summed E-state index contributed by atoms with van der Waals surface area (Å²) in [6, 6.07) is 7.42. The molecule has 1 atom stereocenters. The predicted molar refractivity (Wildman–Crippen MR) is 72.5 cm³/mol. The molecular formula is C14H17N3O2. The van der Waals surface area contributed by atoms with E-state index in [9.17, 15) is 4.79 Å². The zero-order valence-corrected chi connectivity index (χ0v) is 10.9. The van der Waals surface area contributed by atoms with Crippen molar-refractivity contribution >= 4 is 11.6 Å². The van der Waals surface area contributed by atoms with Crippen molar-refractivity contribution in [3.63, 3.8) is 0 Å². The normalized spacial score (nSPS) is 26.2. The SMILES string of the molecule is COc1ccc(C2=N[C@]3(CCCNC3)NC2=O)cc1. The molecule has 1 amide bonds. The van der Waals surface area contributed by atoms with Gasteiger partial charge in [-0.3, -0.25) is 4.79 Å². The number of piperidine rings is 1. The van der Waals surface area contributed by atoms with Gasteiger partial charge in [-0.1, -0.05) is 0 Å². The molecule has 0 aliphatic carbocycles. The molecule has 1 spiro atoms. The van der Waals surface area contributed by atoms with Crippen LogP contribution in [0.3, 0.4) is 0 Å². The van der Waals surface area contributed by atoms with Crippen LogP contribution in [0.25, 0.3) is 0 Å². The summed E-state index contributed by atoms with van der Waals surface area (Å²) in [5.41, 5.74) is 0.914. The Morgan fingerprint density at radius 1 is 1.32 bits per heavy atom. The molecule has 2 N–H and O–H groups in total. The van der Waals surface area contributed by atoms with Gasteiger partial charge in [-0.05, 0) is 43.7 Å². The molecule has 0 saturated carbocycles. The second kappa shape index (κ2) is 4.66. The smallest absolute Gasteiger partial charge is 0.272 e. The second-order valence-electron chi connectivity index (χ2n) is 4.95. The maximum Gasteiger partial charge on any atom is 0.272 e. The number of carbonyl (C=O) groups is 1. The molecule has 0 unspecified atom stereocenters. The molecule has 3 rings (SSSR count). The summed E-state index contributed by atoms with van der Waals surface area (Å²) < 4.78 is 5.12. The first-order valence-corrected chi connectivity index (χ1v) is 6.50. The number of nitrogens with zero attached hydrogens (tertiary/aromatic N) is 1. The topological polar surface area (TPSA) is 62.7 Å². The first-order chi connectivity index (χ1) is 9.22. The Morgan fingerprint density at radius 2 is 2.11 bits per heavy atom. The molecule has 0 radical (unpaired) electrons. The zero-order chi connectivity index (χ0) is 13.3. The van der Waals surface area contributed by atoms with Gasteiger partial charge >= 0.3 is 0 Å². The number of nitrogens with one attached hydrogen (secondary N) is 2. The van der Waals surface area contributed by atoms with Gasteiger partial charge in [0.15, 0.2) is 0 Å². The van der Waals surface area contributed by atoms with E-state index in [2.05, 4.69) is 15.6 Å². The molecule has 1 aromatic rings. The minimum Gasteiger partial charge on any atom is -0.497 e. The van der Waals surface area contributed by atoms with Crippen molar-refractivity contribution < 1.29 is 9.53 Å². The van der Waals surface area contributed by atoms with Gasteiger partial charge in [0.25, 0.3) is 5.91 Å². The fraction of sp³-hybridized carbons (Fsp3) is 0.429. The van der Waals surface area contributed by atoms with Crippen LogP contribution in [0, 0.1) is 0 Å². The Morgan fingerprint density at radius 3 is 2.74 bits per heavy atom. The highest BCUT2D eigenvalue weighted by molar-refractivity contribution is 6.46. The van der Waals surface area contributed by atoms with Crippen LogP contribution in [0.15, 0.2) is 29.3 Å². The van der Waals surface area contributed by atoms with Crippen molar-refractivity contribution in [2.75, 3.05) is 20.2 Å². The van der Waals surface area contributed by atoms with Crippen LogP contribution in [-0.2, 0) is 4.79 Å². The Hall–Kier alpha value is -1.88. The highest BCUT2D eigenvalue weighted by Crippen LogP contribution is 2.24. The van der Waals surface area contributed by atoms with Crippen LogP contribution in [-0.4, -0.2) is 37.5 Å². The van der Waals surface area contributed by atoms with E-state index in [4.69, 9.17) is 4.74 Å². The summed E-state index contributed by atoms with van der Waals surface area (Å²) in [7, 11) is 1.62. The Balaban J connectivity index is 1.90. The number of amides is 1. The Kier molecular flexibility index (Phi) is 2.98. The molecule has 19 heavy (non-hydrogen) atoms. The van der Waals surface area contributed by atoms with Gasteiger partial charge in [-0.2, -0.15) is 0 Å². The molecule has 0 bridgehead atoms. The molecule has 5 nitrogen and oxygen atoms in total. The van der Waals surface area contributed by atoms with Crippen LogP contribution in [0.2, 0.25) is 0 Å². The fourth-order valence-electron chi connectivity index (χ4n) is 2.60. The van der Waals surface area contributed by atoms with E-state index in [1.165, 1.54) is 0 Å². The van der Waals surface area contributed by atoms with E-state index < -0.39 is 5.66 Å². The first kappa shape index (κ1) is 12.2. The lowest BCUT2D eigenvalue weighted by molar-refractivity contribution is -0.115. The minimum absolute atomic E-state index is 0.0890. The van der Waals surface area contributed by atoms with E-state index in [1.54, 1.807) is 7.11 Å².